The Labute approximate surface area is 137 Å². The molecule has 1 aromatic carbocycles. The monoisotopic (exact) mass is 348 g/mol. The third-order valence-corrected chi connectivity index (χ3v) is 3.35. The van der Waals surface area contributed by atoms with Crippen LogP contribution in [0.3, 0.4) is 0 Å². The summed E-state index contributed by atoms with van der Waals surface area (Å²) >= 11 is 0. The molecule has 1 amide bonds. The quantitative estimate of drug-likeness (QED) is 0.644. The molecule has 10 heteroatoms. The van der Waals surface area contributed by atoms with Gasteiger partial charge in [0.15, 0.2) is 11.1 Å². The number of fused-ring (bicyclic) bond motifs is 1. The molecular weight excluding hydrogens is 338 g/mol. The SMILES string of the molecule is O=C(O)CNC(=O)c1c(=O)cc(-c2cc(F)cc(F)c2)n2[nH]cnc12. The number of pyridine rings is 1. The number of benzene rings is 1. The molecule has 128 valence electrons. The molecule has 0 aliphatic heterocycles. The lowest BCUT2D eigenvalue weighted by Gasteiger charge is -2.09. The van der Waals surface area contributed by atoms with Crippen LogP contribution in [0.5, 0.6) is 0 Å². The first-order valence-electron chi connectivity index (χ1n) is 6.92. The second-order valence-electron chi connectivity index (χ2n) is 5.05. The summed E-state index contributed by atoms with van der Waals surface area (Å²) in [4.78, 5) is 38.8. The van der Waals surface area contributed by atoms with Crippen LogP contribution < -0.4 is 10.7 Å². The van der Waals surface area contributed by atoms with Gasteiger partial charge < -0.3 is 10.4 Å². The molecule has 3 aromatic rings. The Balaban J connectivity index is 2.17. The van der Waals surface area contributed by atoms with E-state index in [1.54, 1.807) is 0 Å². The minimum atomic E-state index is -1.28. The second kappa shape index (κ2) is 6.15. The normalized spacial score (nSPS) is 10.8. The van der Waals surface area contributed by atoms with Gasteiger partial charge >= 0.3 is 5.97 Å². The summed E-state index contributed by atoms with van der Waals surface area (Å²) in [5.41, 5.74) is -1.11. The maximum atomic E-state index is 13.5. The average molecular weight is 348 g/mol. The van der Waals surface area contributed by atoms with E-state index in [-0.39, 0.29) is 22.5 Å². The molecule has 0 radical (unpaired) electrons. The first-order valence-corrected chi connectivity index (χ1v) is 6.92. The number of carboxylic acid groups (broad SMARTS) is 1. The summed E-state index contributed by atoms with van der Waals surface area (Å²) in [6.45, 7) is -0.675. The molecule has 2 aromatic heterocycles. The summed E-state index contributed by atoms with van der Waals surface area (Å²) in [7, 11) is 0. The lowest BCUT2D eigenvalue weighted by Crippen LogP contribution is -2.33. The van der Waals surface area contributed by atoms with Crippen molar-refractivity contribution >= 4 is 17.5 Å². The number of H-pyrrole nitrogens is 1. The van der Waals surface area contributed by atoms with Crippen molar-refractivity contribution in [2.45, 2.75) is 0 Å². The van der Waals surface area contributed by atoms with Gasteiger partial charge in [-0.25, -0.2) is 18.3 Å². The predicted molar refractivity (Wildman–Crippen MR) is 81.1 cm³/mol. The van der Waals surface area contributed by atoms with Crippen molar-refractivity contribution < 1.29 is 23.5 Å². The van der Waals surface area contributed by atoms with Crippen molar-refractivity contribution in [1.82, 2.24) is 19.9 Å². The van der Waals surface area contributed by atoms with Crippen molar-refractivity contribution in [3.8, 4) is 11.3 Å². The minimum absolute atomic E-state index is 0.0614. The highest BCUT2D eigenvalue weighted by Crippen LogP contribution is 2.22. The van der Waals surface area contributed by atoms with Gasteiger partial charge in [-0.15, -0.1) is 0 Å². The van der Waals surface area contributed by atoms with Crippen LogP contribution in [0.2, 0.25) is 0 Å². The van der Waals surface area contributed by atoms with Gasteiger partial charge in [-0.05, 0) is 12.1 Å². The minimum Gasteiger partial charge on any atom is -0.480 e. The molecule has 0 spiro atoms. The first-order chi connectivity index (χ1) is 11.9. The number of hydrogen-bond acceptors (Lipinski definition) is 4. The number of rotatable bonds is 4. The van der Waals surface area contributed by atoms with E-state index in [4.69, 9.17) is 5.11 Å². The highest BCUT2D eigenvalue weighted by atomic mass is 19.1. The van der Waals surface area contributed by atoms with Gasteiger partial charge in [-0.1, -0.05) is 0 Å². The Morgan fingerprint density at radius 1 is 1.20 bits per heavy atom. The number of carbonyl (C=O) groups is 2. The Morgan fingerprint density at radius 2 is 1.88 bits per heavy atom. The standard InChI is InChI=1S/C15H10F2N4O4/c16-8-1-7(2-9(17)3-8)10-4-11(22)13(14-19-6-20-21(10)14)15(25)18-5-12(23)24/h1-4,6H,5H2,(H,18,25)(H,19,20)(H,23,24). The molecule has 2 heterocycles. The van der Waals surface area contributed by atoms with E-state index in [1.807, 2.05) is 0 Å². The lowest BCUT2D eigenvalue weighted by atomic mass is 10.1. The third kappa shape index (κ3) is 3.09. The van der Waals surface area contributed by atoms with Crippen molar-refractivity contribution in [2.75, 3.05) is 6.54 Å². The molecule has 0 saturated heterocycles. The fourth-order valence-electron chi connectivity index (χ4n) is 2.37. The number of nitrogens with zero attached hydrogens (tertiary/aromatic N) is 2. The highest BCUT2D eigenvalue weighted by molar-refractivity contribution is 6.01. The molecule has 3 rings (SSSR count). The summed E-state index contributed by atoms with van der Waals surface area (Å²) < 4.78 is 28.1. The second-order valence-corrected chi connectivity index (χ2v) is 5.05. The van der Waals surface area contributed by atoms with Gasteiger partial charge in [0, 0.05) is 17.7 Å². The number of aromatic amines is 1. The molecule has 0 saturated carbocycles. The zero-order valence-corrected chi connectivity index (χ0v) is 12.4. The van der Waals surface area contributed by atoms with Crippen LogP contribution >= 0.6 is 0 Å². The number of carboxylic acids is 1. The van der Waals surface area contributed by atoms with E-state index in [2.05, 4.69) is 15.4 Å². The summed E-state index contributed by atoms with van der Waals surface area (Å²) in [5, 5.41) is 13.3. The number of aromatic nitrogens is 3. The highest BCUT2D eigenvalue weighted by Gasteiger charge is 2.20. The summed E-state index contributed by atoms with van der Waals surface area (Å²) in [6, 6.07) is 3.74. The van der Waals surface area contributed by atoms with E-state index >= 15 is 0 Å². The number of nitrogens with one attached hydrogen (secondary N) is 2. The van der Waals surface area contributed by atoms with Crippen LogP contribution in [-0.4, -0.2) is 38.1 Å². The number of halogens is 2. The van der Waals surface area contributed by atoms with Crippen molar-refractivity contribution in [3.63, 3.8) is 0 Å². The molecule has 0 unspecified atom stereocenters. The van der Waals surface area contributed by atoms with Crippen LogP contribution in [0.15, 0.2) is 35.4 Å². The van der Waals surface area contributed by atoms with E-state index in [0.29, 0.717) is 6.07 Å². The van der Waals surface area contributed by atoms with E-state index < -0.39 is 35.5 Å². The maximum absolute atomic E-state index is 13.5. The van der Waals surface area contributed by atoms with Crippen LogP contribution in [0, 0.1) is 11.6 Å². The Kier molecular flexibility index (Phi) is 4.01. The van der Waals surface area contributed by atoms with Crippen LogP contribution in [0.25, 0.3) is 16.9 Å². The van der Waals surface area contributed by atoms with Gasteiger partial charge in [0.1, 0.15) is 30.1 Å². The largest absolute Gasteiger partial charge is 0.480 e. The molecule has 25 heavy (non-hydrogen) atoms. The van der Waals surface area contributed by atoms with E-state index in [9.17, 15) is 23.2 Å². The van der Waals surface area contributed by atoms with Gasteiger partial charge in [0.05, 0.1) is 5.69 Å². The van der Waals surface area contributed by atoms with E-state index in [1.165, 1.54) is 10.8 Å². The fraction of sp³-hybridized carbons (Fsp3) is 0.0667. The zero-order valence-electron chi connectivity index (χ0n) is 12.4. The van der Waals surface area contributed by atoms with Crippen molar-refractivity contribution in [3.05, 3.63) is 58.0 Å². The summed E-state index contributed by atoms with van der Waals surface area (Å²) in [6.07, 6.45) is 1.18. The fourth-order valence-corrected chi connectivity index (χ4v) is 2.37. The Hall–Kier alpha value is -3.56. The molecular formula is C15H10F2N4O4. The van der Waals surface area contributed by atoms with Crippen molar-refractivity contribution in [1.29, 1.82) is 0 Å². The first kappa shape index (κ1) is 16.3. The van der Waals surface area contributed by atoms with E-state index in [0.717, 1.165) is 18.2 Å². The maximum Gasteiger partial charge on any atom is 0.322 e. The number of hydrogen-bond donors (Lipinski definition) is 3. The topological polar surface area (TPSA) is 117 Å². The van der Waals surface area contributed by atoms with Crippen molar-refractivity contribution in [2.24, 2.45) is 0 Å². The van der Waals surface area contributed by atoms with Crippen LogP contribution in [0.1, 0.15) is 10.4 Å². The Morgan fingerprint density at radius 3 is 2.52 bits per heavy atom. The number of carbonyl (C=O) groups excluding carboxylic acids is 1. The Bertz CT molecular complexity index is 1040. The molecule has 0 atom stereocenters. The molecule has 0 aliphatic rings. The zero-order chi connectivity index (χ0) is 18.1. The molecule has 8 nitrogen and oxygen atoms in total. The summed E-state index contributed by atoms with van der Waals surface area (Å²) in [5.74, 6) is -3.87. The molecule has 0 aliphatic carbocycles. The van der Waals surface area contributed by atoms with Gasteiger partial charge in [0.25, 0.3) is 5.91 Å². The predicted octanol–water partition coefficient (Wildman–Crippen LogP) is 0.782. The smallest absolute Gasteiger partial charge is 0.322 e. The van der Waals surface area contributed by atoms with Crippen LogP contribution in [0.4, 0.5) is 8.78 Å². The number of amides is 1. The number of aliphatic carboxylic acids is 1. The molecule has 3 N–H and O–H groups in total. The average Bonchev–Trinajstić information content (AvgIpc) is 2.99. The molecule has 0 fully saturated rings. The van der Waals surface area contributed by atoms with Gasteiger partial charge in [-0.2, -0.15) is 0 Å². The third-order valence-electron chi connectivity index (χ3n) is 3.35. The van der Waals surface area contributed by atoms with Gasteiger partial charge in [0.2, 0.25) is 0 Å². The molecule has 0 bridgehead atoms. The van der Waals surface area contributed by atoms with Gasteiger partial charge in [-0.3, -0.25) is 19.5 Å². The lowest BCUT2D eigenvalue weighted by molar-refractivity contribution is -0.135. The van der Waals surface area contributed by atoms with Crippen LogP contribution in [-0.2, 0) is 4.79 Å².